The summed E-state index contributed by atoms with van der Waals surface area (Å²) < 4.78 is 2.27. The summed E-state index contributed by atoms with van der Waals surface area (Å²) >= 11 is 6.87. The normalized spacial score (nSPS) is 18.1. The fourth-order valence-corrected chi connectivity index (χ4v) is 6.04. The summed E-state index contributed by atoms with van der Waals surface area (Å²) in [7, 11) is 0. The third-order valence-electron chi connectivity index (χ3n) is 6.92. The molecular formula is C26H37N5O2S2. The van der Waals surface area contributed by atoms with E-state index in [0.29, 0.717) is 27.9 Å². The second kappa shape index (κ2) is 12.7. The molecule has 0 radical (unpaired) electrons. The van der Waals surface area contributed by atoms with Crippen LogP contribution in [0.3, 0.4) is 0 Å². The fourth-order valence-electron chi connectivity index (χ4n) is 4.75. The summed E-state index contributed by atoms with van der Waals surface area (Å²) in [6.45, 7) is 13.6. The van der Waals surface area contributed by atoms with E-state index in [-0.39, 0.29) is 17.0 Å². The zero-order chi connectivity index (χ0) is 25.5. The third-order valence-corrected chi connectivity index (χ3v) is 8.29. The van der Waals surface area contributed by atoms with E-state index in [4.69, 9.17) is 12.2 Å². The first kappa shape index (κ1) is 27.4. The molecule has 7 nitrogen and oxygen atoms in total. The van der Waals surface area contributed by atoms with E-state index >= 15 is 0 Å². The van der Waals surface area contributed by atoms with Gasteiger partial charge in [0.25, 0.3) is 11.5 Å². The number of amides is 1. The molecule has 0 N–H and O–H groups in total. The number of hydrogen-bond acceptors (Lipinski definition) is 7. The Labute approximate surface area is 218 Å². The molecule has 9 heteroatoms. The Morgan fingerprint density at radius 2 is 1.71 bits per heavy atom. The summed E-state index contributed by atoms with van der Waals surface area (Å²) in [4.78, 5) is 33.3. The number of unbranched alkanes of at least 4 members (excludes halogenated alkanes) is 4. The highest BCUT2D eigenvalue weighted by Crippen LogP contribution is 2.36. The number of hydrogen-bond donors (Lipinski definition) is 0. The van der Waals surface area contributed by atoms with E-state index in [1.54, 1.807) is 9.47 Å². The quantitative estimate of drug-likeness (QED) is 0.260. The van der Waals surface area contributed by atoms with Gasteiger partial charge in [-0.1, -0.05) is 63.5 Å². The number of pyridine rings is 1. The number of rotatable bonds is 10. The number of aromatic nitrogens is 1. The minimum atomic E-state index is -0.266. The van der Waals surface area contributed by atoms with Crippen molar-refractivity contribution in [2.45, 2.75) is 66.3 Å². The molecule has 35 heavy (non-hydrogen) atoms. The van der Waals surface area contributed by atoms with E-state index in [2.05, 4.69) is 29.7 Å². The van der Waals surface area contributed by atoms with Crippen LogP contribution < -0.4 is 10.5 Å². The second-order valence-electron chi connectivity index (χ2n) is 9.07. The predicted octanol–water partition coefficient (Wildman–Crippen LogP) is 4.36. The minimum absolute atomic E-state index is 0.0793. The highest BCUT2D eigenvalue weighted by molar-refractivity contribution is 8.26. The number of nitriles is 1. The van der Waals surface area contributed by atoms with Crippen LogP contribution in [0.25, 0.3) is 6.08 Å². The second-order valence-corrected chi connectivity index (χ2v) is 10.7. The van der Waals surface area contributed by atoms with Crippen molar-refractivity contribution in [1.82, 2.24) is 14.4 Å². The van der Waals surface area contributed by atoms with Gasteiger partial charge in [0.2, 0.25) is 0 Å². The van der Waals surface area contributed by atoms with Gasteiger partial charge >= 0.3 is 0 Å². The molecule has 0 atom stereocenters. The molecule has 3 rings (SSSR count). The summed E-state index contributed by atoms with van der Waals surface area (Å²) in [6, 6.07) is 2.11. The average molecular weight is 516 g/mol. The Balaban J connectivity index is 1.99. The maximum atomic E-state index is 13.3. The number of piperazine rings is 1. The number of likely N-dealkylation sites (N-methyl/N-ethyl adjacent to an activating group) is 1. The molecule has 0 bridgehead atoms. The Morgan fingerprint density at radius 1 is 1.03 bits per heavy atom. The van der Waals surface area contributed by atoms with E-state index in [9.17, 15) is 14.9 Å². The topological polar surface area (TPSA) is 72.6 Å². The Morgan fingerprint density at radius 3 is 2.31 bits per heavy atom. The van der Waals surface area contributed by atoms with Crippen molar-refractivity contribution in [2.75, 3.05) is 44.2 Å². The van der Waals surface area contributed by atoms with Crippen molar-refractivity contribution in [3.8, 4) is 6.07 Å². The van der Waals surface area contributed by atoms with Crippen molar-refractivity contribution in [3.05, 3.63) is 31.9 Å². The number of thiocarbonyl (C=S) groups is 1. The van der Waals surface area contributed by atoms with Crippen LogP contribution in [-0.4, -0.2) is 63.9 Å². The van der Waals surface area contributed by atoms with Crippen molar-refractivity contribution in [3.63, 3.8) is 0 Å². The number of carbonyl (C=O) groups is 1. The molecule has 2 aliphatic rings. The molecule has 0 spiro atoms. The van der Waals surface area contributed by atoms with Crippen LogP contribution in [0, 0.1) is 18.3 Å². The van der Waals surface area contributed by atoms with Gasteiger partial charge < -0.3 is 9.80 Å². The zero-order valence-electron chi connectivity index (χ0n) is 21.4. The van der Waals surface area contributed by atoms with Gasteiger partial charge in [0.1, 0.15) is 21.8 Å². The van der Waals surface area contributed by atoms with Gasteiger partial charge in [-0.05, 0) is 38.5 Å². The molecule has 2 saturated heterocycles. The lowest BCUT2D eigenvalue weighted by molar-refractivity contribution is -0.122. The molecular weight excluding hydrogens is 478 g/mol. The van der Waals surface area contributed by atoms with Gasteiger partial charge in [0.15, 0.2) is 0 Å². The predicted molar refractivity (Wildman–Crippen MR) is 149 cm³/mol. The van der Waals surface area contributed by atoms with Crippen LogP contribution in [0.4, 0.5) is 5.82 Å². The molecule has 0 unspecified atom stereocenters. The maximum absolute atomic E-state index is 13.3. The molecule has 190 valence electrons. The standard InChI is InChI=1S/C26H37N5O2S2/c1-5-8-9-10-11-12-31-25(33)22(35-26(31)34)17-20-19(4)21(18-27)24(32)30(7-3)23(20)29-15-13-28(6-2)14-16-29/h17H,5-16H2,1-4H3/b22-17+. The minimum Gasteiger partial charge on any atom is -0.355 e. The number of nitrogens with zero attached hydrogens (tertiary/aromatic N) is 5. The molecule has 1 amide bonds. The Bertz CT molecular complexity index is 1080. The van der Waals surface area contributed by atoms with E-state index < -0.39 is 0 Å². The van der Waals surface area contributed by atoms with E-state index in [0.717, 1.165) is 56.9 Å². The molecule has 0 aromatic carbocycles. The van der Waals surface area contributed by atoms with Crippen molar-refractivity contribution in [2.24, 2.45) is 0 Å². The van der Waals surface area contributed by atoms with Gasteiger partial charge in [-0.2, -0.15) is 5.26 Å². The van der Waals surface area contributed by atoms with Crippen molar-refractivity contribution >= 4 is 46.1 Å². The summed E-state index contributed by atoms with van der Waals surface area (Å²) in [6.07, 6.45) is 7.45. The van der Waals surface area contributed by atoms with Crippen molar-refractivity contribution < 1.29 is 4.79 Å². The van der Waals surface area contributed by atoms with Crippen LogP contribution in [0.2, 0.25) is 0 Å². The first-order chi connectivity index (χ1) is 16.9. The SMILES string of the molecule is CCCCCCCN1C(=O)/C(=C\c2c(C)c(C#N)c(=O)n(CC)c2N2CCN(CC)CC2)SC1=S. The highest BCUT2D eigenvalue weighted by atomic mass is 32.2. The monoisotopic (exact) mass is 515 g/mol. The summed E-state index contributed by atoms with van der Waals surface area (Å²) in [5, 5.41) is 9.76. The maximum Gasteiger partial charge on any atom is 0.270 e. The number of carbonyl (C=O) groups excluding carboxylic acids is 1. The smallest absolute Gasteiger partial charge is 0.270 e. The van der Waals surface area contributed by atoms with Crippen LogP contribution in [-0.2, 0) is 11.3 Å². The van der Waals surface area contributed by atoms with Crippen LogP contribution in [0.1, 0.15) is 69.6 Å². The van der Waals surface area contributed by atoms with Crippen LogP contribution in [0.15, 0.2) is 9.70 Å². The lowest BCUT2D eigenvalue weighted by Gasteiger charge is -2.37. The summed E-state index contributed by atoms with van der Waals surface area (Å²) in [5.74, 6) is 0.721. The van der Waals surface area contributed by atoms with Crippen molar-refractivity contribution in [1.29, 1.82) is 5.26 Å². The van der Waals surface area contributed by atoms with Crippen LogP contribution in [0.5, 0.6) is 0 Å². The lowest BCUT2D eigenvalue weighted by Crippen LogP contribution is -2.48. The molecule has 3 heterocycles. The fraction of sp³-hybridized carbons (Fsp3) is 0.615. The molecule has 1 aromatic heterocycles. The molecule has 0 saturated carbocycles. The van der Waals surface area contributed by atoms with E-state index in [1.807, 2.05) is 19.9 Å². The number of anilines is 1. The lowest BCUT2D eigenvalue weighted by atomic mass is 10.0. The zero-order valence-corrected chi connectivity index (χ0v) is 23.1. The average Bonchev–Trinajstić information content (AvgIpc) is 3.13. The molecule has 0 aliphatic carbocycles. The molecule has 1 aromatic rings. The van der Waals surface area contributed by atoms with Crippen LogP contribution >= 0.6 is 24.0 Å². The largest absolute Gasteiger partial charge is 0.355 e. The van der Waals surface area contributed by atoms with E-state index in [1.165, 1.54) is 31.0 Å². The third kappa shape index (κ3) is 5.99. The van der Waals surface area contributed by atoms with Gasteiger partial charge in [-0.15, -0.1) is 0 Å². The van der Waals surface area contributed by atoms with Gasteiger partial charge in [0, 0.05) is 44.8 Å². The highest BCUT2D eigenvalue weighted by Gasteiger charge is 2.33. The Hall–Kier alpha value is -2.15. The number of thioether (sulfide) groups is 1. The first-order valence-corrected chi connectivity index (χ1v) is 14.0. The molecule has 2 fully saturated rings. The molecule has 2 aliphatic heterocycles. The first-order valence-electron chi connectivity index (χ1n) is 12.8. The summed E-state index contributed by atoms with van der Waals surface area (Å²) in [5.41, 5.74) is 1.27. The van der Waals surface area contributed by atoms with Gasteiger partial charge in [-0.3, -0.25) is 19.1 Å². The van der Waals surface area contributed by atoms with Gasteiger partial charge in [-0.25, -0.2) is 0 Å². The Kier molecular flexibility index (Phi) is 9.96. The van der Waals surface area contributed by atoms with Gasteiger partial charge in [0.05, 0.1) is 4.91 Å².